The van der Waals surface area contributed by atoms with Crippen molar-refractivity contribution >= 4 is 5.91 Å². The van der Waals surface area contributed by atoms with Gasteiger partial charge in [0, 0.05) is 25.6 Å². The Bertz CT molecular complexity index is 442. The molecule has 110 valence electrons. The predicted molar refractivity (Wildman–Crippen MR) is 82.9 cm³/mol. The first-order valence-electron chi connectivity index (χ1n) is 7.74. The second-order valence-corrected chi connectivity index (χ2v) is 5.96. The van der Waals surface area contributed by atoms with Crippen LogP contribution in [0.3, 0.4) is 0 Å². The standard InChI is InChI=1S/C17H26N2O/c1-13(2)19-17(20)10-11-18-12-15-8-5-7-14-6-3-4-9-16(14)15/h3-4,6,9,13,15,18H,5,7-8,10-12H2,1-2H3,(H,19,20)/t15-/m0/s1. The molecule has 1 aromatic rings. The minimum Gasteiger partial charge on any atom is -0.354 e. The zero-order chi connectivity index (χ0) is 14.4. The average molecular weight is 274 g/mol. The van der Waals surface area contributed by atoms with E-state index in [-0.39, 0.29) is 11.9 Å². The van der Waals surface area contributed by atoms with E-state index >= 15 is 0 Å². The first-order valence-corrected chi connectivity index (χ1v) is 7.74. The van der Waals surface area contributed by atoms with Crippen LogP contribution in [0, 0.1) is 0 Å². The number of benzene rings is 1. The number of amides is 1. The summed E-state index contributed by atoms with van der Waals surface area (Å²) in [5, 5.41) is 6.36. The molecule has 0 saturated carbocycles. The van der Waals surface area contributed by atoms with Crippen LogP contribution in [0.1, 0.15) is 50.2 Å². The zero-order valence-corrected chi connectivity index (χ0v) is 12.6. The molecule has 1 amide bonds. The second-order valence-electron chi connectivity index (χ2n) is 5.96. The summed E-state index contributed by atoms with van der Waals surface area (Å²) >= 11 is 0. The molecule has 0 bridgehead atoms. The normalized spacial score (nSPS) is 17.9. The number of hydrogen-bond donors (Lipinski definition) is 2. The molecular formula is C17H26N2O. The van der Waals surface area contributed by atoms with Crippen LogP contribution in [0.15, 0.2) is 24.3 Å². The predicted octanol–water partition coefficient (Wildman–Crippen LogP) is 2.61. The van der Waals surface area contributed by atoms with Crippen LogP contribution in [0.2, 0.25) is 0 Å². The maximum atomic E-state index is 11.6. The molecule has 0 unspecified atom stereocenters. The Morgan fingerprint density at radius 3 is 2.95 bits per heavy atom. The van der Waals surface area contributed by atoms with Crippen molar-refractivity contribution in [1.82, 2.24) is 10.6 Å². The van der Waals surface area contributed by atoms with Gasteiger partial charge < -0.3 is 10.6 Å². The first-order chi connectivity index (χ1) is 9.66. The van der Waals surface area contributed by atoms with Gasteiger partial charge in [0.2, 0.25) is 5.91 Å². The smallest absolute Gasteiger partial charge is 0.221 e. The van der Waals surface area contributed by atoms with Gasteiger partial charge in [-0.2, -0.15) is 0 Å². The maximum absolute atomic E-state index is 11.6. The van der Waals surface area contributed by atoms with Crippen molar-refractivity contribution in [1.29, 1.82) is 0 Å². The molecule has 3 heteroatoms. The molecule has 0 saturated heterocycles. The van der Waals surface area contributed by atoms with Gasteiger partial charge in [-0.3, -0.25) is 4.79 Å². The van der Waals surface area contributed by atoms with Crippen molar-refractivity contribution in [3.8, 4) is 0 Å². The Morgan fingerprint density at radius 2 is 2.15 bits per heavy atom. The van der Waals surface area contributed by atoms with Crippen LogP contribution in [-0.2, 0) is 11.2 Å². The number of aryl methyl sites for hydroxylation is 1. The van der Waals surface area contributed by atoms with E-state index in [2.05, 4.69) is 34.9 Å². The summed E-state index contributed by atoms with van der Waals surface area (Å²) in [6.45, 7) is 5.72. The number of carbonyl (C=O) groups excluding carboxylic acids is 1. The minimum atomic E-state index is 0.136. The van der Waals surface area contributed by atoms with E-state index in [1.165, 1.54) is 30.4 Å². The molecule has 1 aliphatic carbocycles. The van der Waals surface area contributed by atoms with Crippen molar-refractivity contribution in [2.75, 3.05) is 13.1 Å². The summed E-state index contributed by atoms with van der Waals surface area (Å²) in [5.74, 6) is 0.740. The van der Waals surface area contributed by atoms with Crippen LogP contribution >= 0.6 is 0 Å². The topological polar surface area (TPSA) is 41.1 Å². The van der Waals surface area contributed by atoms with Gasteiger partial charge >= 0.3 is 0 Å². The van der Waals surface area contributed by atoms with Crippen LogP contribution in [0.4, 0.5) is 0 Å². The molecule has 0 fully saturated rings. The lowest BCUT2D eigenvalue weighted by Gasteiger charge is -2.25. The van der Waals surface area contributed by atoms with Gasteiger partial charge in [-0.05, 0) is 50.2 Å². The number of rotatable bonds is 6. The average Bonchev–Trinajstić information content (AvgIpc) is 2.43. The fourth-order valence-electron chi connectivity index (χ4n) is 2.94. The number of carbonyl (C=O) groups is 1. The molecule has 1 aromatic carbocycles. The monoisotopic (exact) mass is 274 g/mol. The third-order valence-corrected chi connectivity index (χ3v) is 3.86. The zero-order valence-electron chi connectivity index (χ0n) is 12.6. The van der Waals surface area contributed by atoms with Gasteiger partial charge in [0.05, 0.1) is 0 Å². The van der Waals surface area contributed by atoms with Gasteiger partial charge in [-0.15, -0.1) is 0 Å². The molecule has 0 heterocycles. The largest absolute Gasteiger partial charge is 0.354 e. The fourth-order valence-corrected chi connectivity index (χ4v) is 2.94. The quantitative estimate of drug-likeness (QED) is 0.783. The summed E-state index contributed by atoms with van der Waals surface area (Å²) < 4.78 is 0. The Balaban J connectivity index is 1.74. The molecule has 2 rings (SSSR count). The summed E-state index contributed by atoms with van der Waals surface area (Å²) in [4.78, 5) is 11.6. The minimum absolute atomic E-state index is 0.136. The lowest BCUT2D eigenvalue weighted by Crippen LogP contribution is -2.33. The lowest BCUT2D eigenvalue weighted by molar-refractivity contribution is -0.121. The molecule has 0 aliphatic heterocycles. The van der Waals surface area contributed by atoms with E-state index in [1.54, 1.807) is 0 Å². The summed E-state index contributed by atoms with van der Waals surface area (Å²) in [7, 11) is 0. The lowest BCUT2D eigenvalue weighted by atomic mass is 9.83. The molecule has 20 heavy (non-hydrogen) atoms. The highest BCUT2D eigenvalue weighted by molar-refractivity contribution is 5.76. The summed E-state index contributed by atoms with van der Waals surface area (Å²) in [6.07, 6.45) is 4.30. The van der Waals surface area contributed by atoms with Gasteiger partial charge in [0.1, 0.15) is 0 Å². The molecular weight excluding hydrogens is 248 g/mol. The van der Waals surface area contributed by atoms with Crippen LogP contribution in [0.25, 0.3) is 0 Å². The molecule has 3 nitrogen and oxygen atoms in total. The summed E-state index contributed by atoms with van der Waals surface area (Å²) in [5.41, 5.74) is 3.00. The highest BCUT2D eigenvalue weighted by Crippen LogP contribution is 2.30. The van der Waals surface area contributed by atoms with Crippen molar-refractivity contribution < 1.29 is 4.79 Å². The molecule has 0 spiro atoms. The molecule has 0 radical (unpaired) electrons. The van der Waals surface area contributed by atoms with Gasteiger partial charge in [-0.1, -0.05) is 24.3 Å². The highest BCUT2D eigenvalue weighted by atomic mass is 16.1. The first kappa shape index (κ1) is 15.0. The highest BCUT2D eigenvalue weighted by Gasteiger charge is 2.19. The van der Waals surface area contributed by atoms with Crippen molar-refractivity contribution in [2.24, 2.45) is 0 Å². The van der Waals surface area contributed by atoms with Crippen molar-refractivity contribution in [2.45, 2.75) is 51.5 Å². The Kier molecular flexibility index (Phi) is 5.60. The molecule has 2 N–H and O–H groups in total. The van der Waals surface area contributed by atoms with Gasteiger partial charge in [0.25, 0.3) is 0 Å². The fraction of sp³-hybridized carbons (Fsp3) is 0.588. The van der Waals surface area contributed by atoms with Crippen LogP contribution < -0.4 is 10.6 Å². The van der Waals surface area contributed by atoms with Crippen LogP contribution in [-0.4, -0.2) is 25.0 Å². The Labute approximate surface area is 122 Å². The SMILES string of the molecule is CC(C)NC(=O)CCNC[C@@H]1CCCc2ccccc21. The van der Waals surface area contributed by atoms with E-state index in [1.807, 2.05) is 13.8 Å². The third kappa shape index (κ3) is 4.34. The van der Waals surface area contributed by atoms with E-state index in [0.717, 1.165) is 13.1 Å². The van der Waals surface area contributed by atoms with Crippen molar-refractivity contribution in [3.63, 3.8) is 0 Å². The number of fused-ring (bicyclic) bond motifs is 1. The van der Waals surface area contributed by atoms with Gasteiger partial charge in [0.15, 0.2) is 0 Å². The Morgan fingerprint density at radius 1 is 1.35 bits per heavy atom. The number of hydrogen-bond acceptors (Lipinski definition) is 2. The van der Waals surface area contributed by atoms with E-state index < -0.39 is 0 Å². The second kappa shape index (κ2) is 7.44. The third-order valence-electron chi connectivity index (χ3n) is 3.86. The van der Waals surface area contributed by atoms with Crippen LogP contribution in [0.5, 0.6) is 0 Å². The molecule has 0 aromatic heterocycles. The van der Waals surface area contributed by atoms with E-state index in [9.17, 15) is 4.79 Å². The Hall–Kier alpha value is -1.35. The maximum Gasteiger partial charge on any atom is 0.221 e. The molecule has 1 aliphatic rings. The van der Waals surface area contributed by atoms with Crippen molar-refractivity contribution in [3.05, 3.63) is 35.4 Å². The number of nitrogens with one attached hydrogen (secondary N) is 2. The van der Waals surface area contributed by atoms with E-state index in [4.69, 9.17) is 0 Å². The molecule has 1 atom stereocenters. The summed E-state index contributed by atoms with van der Waals surface area (Å²) in [6, 6.07) is 9.00. The van der Waals surface area contributed by atoms with E-state index in [0.29, 0.717) is 12.3 Å². The van der Waals surface area contributed by atoms with Gasteiger partial charge in [-0.25, -0.2) is 0 Å².